The van der Waals surface area contributed by atoms with Gasteiger partial charge in [0, 0.05) is 33.4 Å². The Balaban J connectivity index is 2.42. The van der Waals surface area contributed by atoms with E-state index in [4.69, 9.17) is 10.00 Å². The zero-order valence-corrected chi connectivity index (χ0v) is 13.1. The third-order valence-electron chi connectivity index (χ3n) is 3.32. The van der Waals surface area contributed by atoms with Crippen molar-refractivity contribution in [3.05, 3.63) is 24.3 Å². The molecule has 0 bridgehead atoms. The molecule has 7 nitrogen and oxygen atoms in total. The number of amides is 1. The van der Waals surface area contributed by atoms with Crippen LogP contribution in [0.3, 0.4) is 0 Å². The van der Waals surface area contributed by atoms with Crippen molar-refractivity contribution in [2.75, 3.05) is 37.7 Å². The Bertz CT molecular complexity index is 618. The molecule has 1 amide bonds. The number of benzene rings is 1. The molecule has 7 heteroatoms. The standard InChI is InChI=1S/C15H19N5O2/c1-5-22-15-19(4)14(21)13(10-16)17-20(15)12-8-6-11(7-9-12)18(2)3/h6-9,15H,5H2,1-4H3. The van der Waals surface area contributed by atoms with Gasteiger partial charge in [-0.15, -0.1) is 0 Å². The van der Waals surface area contributed by atoms with Crippen LogP contribution in [-0.4, -0.2) is 50.6 Å². The summed E-state index contributed by atoms with van der Waals surface area (Å²) in [4.78, 5) is 15.4. The first kappa shape index (κ1) is 15.8. The van der Waals surface area contributed by atoms with Gasteiger partial charge >= 0.3 is 0 Å². The second-order valence-corrected chi connectivity index (χ2v) is 5.01. The van der Waals surface area contributed by atoms with Crippen LogP contribution in [-0.2, 0) is 9.53 Å². The fourth-order valence-corrected chi connectivity index (χ4v) is 2.12. The maximum absolute atomic E-state index is 12.0. The highest BCUT2D eigenvalue weighted by Crippen LogP contribution is 2.25. The van der Waals surface area contributed by atoms with Crippen LogP contribution in [0.1, 0.15) is 6.92 Å². The third-order valence-corrected chi connectivity index (χ3v) is 3.32. The molecule has 116 valence electrons. The molecule has 0 spiro atoms. The van der Waals surface area contributed by atoms with E-state index in [0.717, 1.165) is 11.4 Å². The number of carbonyl (C=O) groups excluding carboxylic acids is 1. The lowest BCUT2D eigenvalue weighted by molar-refractivity contribution is -0.137. The molecule has 0 N–H and O–H groups in total. The summed E-state index contributed by atoms with van der Waals surface area (Å²) in [5.41, 5.74) is 1.63. The molecule has 22 heavy (non-hydrogen) atoms. The number of rotatable bonds is 4. The molecule has 1 aliphatic rings. The highest BCUT2D eigenvalue weighted by Gasteiger charge is 2.35. The van der Waals surface area contributed by atoms with E-state index in [1.165, 1.54) is 4.90 Å². The quantitative estimate of drug-likeness (QED) is 0.836. The Labute approximate surface area is 130 Å². The number of hydrazone groups is 1. The van der Waals surface area contributed by atoms with E-state index in [0.29, 0.717) is 6.61 Å². The molecule has 0 aliphatic carbocycles. The zero-order valence-electron chi connectivity index (χ0n) is 13.1. The number of nitriles is 1. The topological polar surface area (TPSA) is 72.2 Å². The number of nitrogens with zero attached hydrogens (tertiary/aromatic N) is 5. The van der Waals surface area contributed by atoms with Crippen molar-refractivity contribution in [3.63, 3.8) is 0 Å². The Kier molecular flexibility index (Phi) is 4.63. The number of anilines is 2. The fourth-order valence-electron chi connectivity index (χ4n) is 2.12. The minimum atomic E-state index is -0.667. The Morgan fingerprint density at radius 3 is 2.50 bits per heavy atom. The van der Waals surface area contributed by atoms with Gasteiger partial charge in [-0.3, -0.25) is 9.69 Å². The van der Waals surface area contributed by atoms with Crippen LogP contribution in [0.15, 0.2) is 29.4 Å². The van der Waals surface area contributed by atoms with Crippen molar-refractivity contribution < 1.29 is 9.53 Å². The van der Waals surface area contributed by atoms with Crippen LogP contribution in [0.2, 0.25) is 0 Å². The molecule has 2 rings (SSSR count). The lowest BCUT2D eigenvalue weighted by atomic mass is 10.2. The summed E-state index contributed by atoms with van der Waals surface area (Å²) in [5, 5.41) is 14.8. The van der Waals surface area contributed by atoms with Gasteiger partial charge in [0.15, 0.2) is 0 Å². The molecule has 0 fully saturated rings. The Hall–Kier alpha value is -2.59. The molecule has 0 radical (unpaired) electrons. The number of ether oxygens (including phenoxy) is 1. The summed E-state index contributed by atoms with van der Waals surface area (Å²) in [6.45, 7) is 2.27. The van der Waals surface area contributed by atoms with E-state index in [1.54, 1.807) is 12.1 Å². The predicted octanol–water partition coefficient (Wildman–Crippen LogP) is 1.23. The fraction of sp³-hybridized carbons (Fsp3) is 0.400. The first-order valence-electron chi connectivity index (χ1n) is 6.93. The van der Waals surface area contributed by atoms with E-state index in [9.17, 15) is 4.79 Å². The molecule has 1 aromatic rings. The number of hydrogen-bond donors (Lipinski definition) is 0. The van der Waals surface area contributed by atoms with Crippen molar-refractivity contribution >= 4 is 23.0 Å². The first-order chi connectivity index (χ1) is 10.5. The van der Waals surface area contributed by atoms with Crippen molar-refractivity contribution in [3.8, 4) is 6.07 Å². The summed E-state index contributed by atoms with van der Waals surface area (Å²) in [6, 6.07) is 9.47. The Morgan fingerprint density at radius 2 is 2.00 bits per heavy atom. The summed E-state index contributed by atoms with van der Waals surface area (Å²) in [5.74, 6) is -0.442. The smallest absolute Gasteiger partial charge is 0.288 e. The largest absolute Gasteiger partial charge is 0.378 e. The van der Waals surface area contributed by atoms with E-state index >= 15 is 0 Å². The highest BCUT2D eigenvalue weighted by molar-refractivity contribution is 6.45. The number of carbonyl (C=O) groups is 1. The van der Waals surface area contributed by atoms with Gasteiger partial charge in [-0.1, -0.05) is 0 Å². The van der Waals surface area contributed by atoms with Crippen LogP contribution in [0.25, 0.3) is 0 Å². The molecule has 1 aromatic carbocycles. The predicted molar refractivity (Wildman–Crippen MR) is 84.5 cm³/mol. The van der Waals surface area contributed by atoms with Crippen molar-refractivity contribution in [1.82, 2.24) is 4.90 Å². The molecule has 0 saturated carbocycles. The van der Waals surface area contributed by atoms with Crippen molar-refractivity contribution in [1.29, 1.82) is 5.26 Å². The minimum Gasteiger partial charge on any atom is -0.378 e. The number of hydrogen-bond acceptors (Lipinski definition) is 6. The molecule has 1 unspecified atom stereocenters. The van der Waals surface area contributed by atoms with Gasteiger partial charge in [0.25, 0.3) is 5.91 Å². The van der Waals surface area contributed by atoms with Gasteiger partial charge in [-0.05, 0) is 31.2 Å². The highest BCUT2D eigenvalue weighted by atomic mass is 16.5. The van der Waals surface area contributed by atoms with Crippen molar-refractivity contribution in [2.24, 2.45) is 5.10 Å². The maximum atomic E-state index is 12.0. The van der Waals surface area contributed by atoms with Crippen LogP contribution in [0.5, 0.6) is 0 Å². The Morgan fingerprint density at radius 1 is 1.36 bits per heavy atom. The van der Waals surface area contributed by atoms with Gasteiger partial charge in [0.1, 0.15) is 6.07 Å². The normalized spacial score (nSPS) is 18.0. The van der Waals surface area contributed by atoms with Gasteiger partial charge < -0.3 is 9.64 Å². The van der Waals surface area contributed by atoms with Crippen LogP contribution in [0.4, 0.5) is 11.4 Å². The minimum absolute atomic E-state index is 0.157. The molecule has 0 aromatic heterocycles. The monoisotopic (exact) mass is 301 g/mol. The lowest BCUT2D eigenvalue weighted by Crippen LogP contribution is -2.55. The average Bonchev–Trinajstić information content (AvgIpc) is 2.52. The van der Waals surface area contributed by atoms with E-state index in [-0.39, 0.29) is 5.71 Å². The van der Waals surface area contributed by atoms with E-state index in [1.807, 2.05) is 56.3 Å². The molecule has 1 heterocycles. The van der Waals surface area contributed by atoms with Crippen molar-refractivity contribution in [2.45, 2.75) is 13.3 Å². The summed E-state index contributed by atoms with van der Waals surface area (Å²) < 4.78 is 5.61. The SMILES string of the molecule is CCOC1N(C)C(=O)C(C#N)=NN1c1ccc(N(C)C)cc1. The maximum Gasteiger partial charge on any atom is 0.288 e. The van der Waals surface area contributed by atoms with Gasteiger partial charge in [0.05, 0.1) is 5.69 Å². The zero-order chi connectivity index (χ0) is 16.3. The molecule has 0 saturated heterocycles. The second-order valence-electron chi connectivity index (χ2n) is 5.01. The van der Waals surface area contributed by atoms with Crippen LogP contribution < -0.4 is 9.91 Å². The first-order valence-corrected chi connectivity index (χ1v) is 6.93. The molecule has 1 atom stereocenters. The summed E-state index contributed by atoms with van der Waals surface area (Å²) in [7, 11) is 5.50. The molecular formula is C15H19N5O2. The van der Waals surface area contributed by atoms with Crippen LogP contribution in [0, 0.1) is 11.3 Å². The molecular weight excluding hydrogens is 282 g/mol. The van der Waals surface area contributed by atoms with Gasteiger partial charge in [0.2, 0.25) is 12.1 Å². The second kappa shape index (κ2) is 6.45. The molecule has 1 aliphatic heterocycles. The van der Waals surface area contributed by atoms with E-state index < -0.39 is 12.3 Å². The summed E-state index contributed by atoms with van der Waals surface area (Å²) in [6.07, 6.45) is -0.667. The van der Waals surface area contributed by atoms with Gasteiger partial charge in [-0.25, -0.2) is 5.01 Å². The van der Waals surface area contributed by atoms with E-state index in [2.05, 4.69) is 5.10 Å². The lowest BCUT2D eigenvalue weighted by Gasteiger charge is -2.38. The summed E-state index contributed by atoms with van der Waals surface area (Å²) >= 11 is 0. The third kappa shape index (κ3) is 2.87. The van der Waals surface area contributed by atoms with Gasteiger partial charge in [-0.2, -0.15) is 10.4 Å². The van der Waals surface area contributed by atoms with Crippen LogP contribution >= 0.6 is 0 Å². The average molecular weight is 301 g/mol.